The second kappa shape index (κ2) is 3.47. The quantitative estimate of drug-likeness (QED) is 0.553. The molecular weight excluding hydrogens is 130 g/mol. The second-order valence-corrected chi connectivity index (χ2v) is 3.95. The average molecular weight is 145 g/mol. The molecule has 0 aromatic heterocycles. The van der Waals surface area contributed by atoms with Crippen molar-refractivity contribution in [1.82, 2.24) is 4.90 Å². The van der Waals surface area contributed by atoms with Gasteiger partial charge in [0, 0.05) is 11.1 Å². The molecule has 1 nitrogen and oxygen atoms in total. The summed E-state index contributed by atoms with van der Waals surface area (Å²) in [7, 11) is 2.19. The zero-order valence-corrected chi connectivity index (χ0v) is 7.08. The normalized spacial score (nSPS) is 30.7. The Bertz CT molecular complexity index is 77.0. The van der Waals surface area contributed by atoms with Crippen molar-refractivity contribution in [3.63, 3.8) is 0 Å². The third-order valence-corrected chi connectivity index (χ3v) is 3.45. The van der Waals surface area contributed by atoms with Crippen molar-refractivity contribution in [3.05, 3.63) is 0 Å². The molecule has 2 heteroatoms. The SMILES string of the molecule is CCC1CCN(C)CS1. The molecule has 0 amide bonds. The van der Waals surface area contributed by atoms with Gasteiger partial charge in [0.15, 0.2) is 0 Å². The standard InChI is InChI=1S/C7H15NS/c1-3-7-4-5-8(2)6-9-7/h7H,3-6H2,1-2H3. The van der Waals surface area contributed by atoms with Crippen molar-refractivity contribution < 1.29 is 0 Å². The van der Waals surface area contributed by atoms with E-state index in [0.717, 1.165) is 5.25 Å². The van der Waals surface area contributed by atoms with Gasteiger partial charge in [-0.05, 0) is 26.4 Å². The molecule has 1 fully saturated rings. The summed E-state index contributed by atoms with van der Waals surface area (Å²) in [6, 6.07) is 0. The Balaban J connectivity index is 2.18. The van der Waals surface area contributed by atoms with Crippen LogP contribution in [-0.4, -0.2) is 29.6 Å². The van der Waals surface area contributed by atoms with Gasteiger partial charge in [0.1, 0.15) is 0 Å². The van der Waals surface area contributed by atoms with Gasteiger partial charge in [0.2, 0.25) is 0 Å². The van der Waals surface area contributed by atoms with Crippen molar-refractivity contribution in [2.45, 2.75) is 25.0 Å². The van der Waals surface area contributed by atoms with E-state index >= 15 is 0 Å². The summed E-state index contributed by atoms with van der Waals surface area (Å²) < 4.78 is 0. The van der Waals surface area contributed by atoms with Crippen LogP contribution >= 0.6 is 11.8 Å². The Morgan fingerprint density at radius 2 is 2.44 bits per heavy atom. The minimum absolute atomic E-state index is 0.946. The van der Waals surface area contributed by atoms with Gasteiger partial charge in [0.05, 0.1) is 0 Å². The van der Waals surface area contributed by atoms with E-state index in [1.807, 2.05) is 0 Å². The van der Waals surface area contributed by atoms with Gasteiger partial charge in [-0.2, -0.15) is 0 Å². The lowest BCUT2D eigenvalue weighted by Crippen LogP contribution is -2.28. The molecule has 1 atom stereocenters. The van der Waals surface area contributed by atoms with Crippen LogP contribution in [0.25, 0.3) is 0 Å². The average Bonchev–Trinajstić information content (AvgIpc) is 1.90. The highest BCUT2D eigenvalue weighted by molar-refractivity contribution is 7.99. The maximum absolute atomic E-state index is 2.39. The molecule has 0 bridgehead atoms. The topological polar surface area (TPSA) is 3.24 Å². The van der Waals surface area contributed by atoms with Crippen molar-refractivity contribution in [1.29, 1.82) is 0 Å². The van der Waals surface area contributed by atoms with E-state index < -0.39 is 0 Å². The van der Waals surface area contributed by atoms with Crippen LogP contribution in [-0.2, 0) is 0 Å². The van der Waals surface area contributed by atoms with Crippen LogP contribution in [0.3, 0.4) is 0 Å². The molecule has 9 heavy (non-hydrogen) atoms. The smallest absolute Gasteiger partial charge is 0.0444 e. The van der Waals surface area contributed by atoms with Gasteiger partial charge in [-0.15, -0.1) is 11.8 Å². The summed E-state index contributed by atoms with van der Waals surface area (Å²) >= 11 is 2.10. The Hall–Kier alpha value is 0.310. The van der Waals surface area contributed by atoms with Gasteiger partial charge < -0.3 is 0 Å². The molecule has 0 spiro atoms. The first kappa shape index (κ1) is 7.42. The van der Waals surface area contributed by atoms with Crippen LogP contribution in [0.4, 0.5) is 0 Å². The molecule has 1 heterocycles. The van der Waals surface area contributed by atoms with Crippen LogP contribution in [0.5, 0.6) is 0 Å². The van der Waals surface area contributed by atoms with Crippen LogP contribution in [0.1, 0.15) is 19.8 Å². The number of nitrogens with zero attached hydrogens (tertiary/aromatic N) is 1. The lowest BCUT2D eigenvalue weighted by atomic mass is 10.2. The summed E-state index contributed by atoms with van der Waals surface area (Å²) in [5.74, 6) is 1.23. The van der Waals surface area contributed by atoms with Crippen molar-refractivity contribution in [2.75, 3.05) is 19.5 Å². The van der Waals surface area contributed by atoms with Crippen molar-refractivity contribution >= 4 is 11.8 Å². The highest BCUT2D eigenvalue weighted by Crippen LogP contribution is 2.23. The molecule has 0 N–H and O–H groups in total. The number of rotatable bonds is 1. The Kier molecular flexibility index (Phi) is 2.86. The van der Waals surface area contributed by atoms with Crippen LogP contribution < -0.4 is 0 Å². The molecule has 1 saturated heterocycles. The van der Waals surface area contributed by atoms with E-state index in [9.17, 15) is 0 Å². The summed E-state index contributed by atoms with van der Waals surface area (Å²) in [5, 5.41) is 0.946. The second-order valence-electron chi connectivity index (χ2n) is 2.69. The number of hydrogen-bond donors (Lipinski definition) is 0. The summed E-state index contributed by atoms with van der Waals surface area (Å²) in [6.45, 7) is 3.58. The monoisotopic (exact) mass is 145 g/mol. The predicted molar refractivity (Wildman–Crippen MR) is 43.8 cm³/mol. The zero-order chi connectivity index (χ0) is 6.69. The van der Waals surface area contributed by atoms with Crippen molar-refractivity contribution in [3.8, 4) is 0 Å². The lowest BCUT2D eigenvalue weighted by Gasteiger charge is -2.27. The fourth-order valence-electron chi connectivity index (χ4n) is 1.07. The summed E-state index contributed by atoms with van der Waals surface area (Å²) in [4.78, 5) is 2.39. The molecular formula is C7H15NS. The van der Waals surface area contributed by atoms with E-state index in [1.165, 1.54) is 25.3 Å². The Morgan fingerprint density at radius 1 is 1.67 bits per heavy atom. The van der Waals surface area contributed by atoms with Crippen LogP contribution in [0, 0.1) is 0 Å². The third-order valence-electron chi connectivity index (χ3n) is 1.82. The zero-order valence-electron chi connectivity index (χ0n) is 6.26. The molecule has 0 aliphatic carbocycles. The molecule has 1 aliphatic rings. The fraction of sp³-hybridized carbons (Fsp3) is 1.00. The van der Waals surface area contributed by atoms with Crippen LogP contribution in [0.2, 0.25) is 0 Å². The van der Waals surface area contributed by atoms with Crippen LogP contribution in [0.15, 0.2) is 0 Å². The van der Waals surface area contributed by atoms with Gasteiger partial charge in [0.25, 0.3) is 0 Å². The van der Waals surface area contributed by atoms with Gasteiger partial charge in [-0.3, -0.25) is 4.90 Å². The number of hydrogen-bond acceptors (Lipinski definition) is 2. The van der Waals surface area contributed by atoms with E-state index in [-0.39, 0.29) is 0 Å². The highest BCUT2D eigenvalue weighted by Gasteiger charge is 2.14. The predicted octanol–water partition coefficient (Wildman–Crippen LogP) is 1.79. The summed E-state index contributed by atoms with van der Waals surface area (Å²) in [5.41, 5.74) is 0. The molecule has 54 valence electrons. The van der Waals surface area contributed by atoms with E-state index in [2.05, 4.69) is 30.6 Å². The Labute approximate surface area is 61.8 Å². The van der Waals surface area contributed by atoms with Gasteiger partial charge in [-0.1, -0.05) is 6.92 Å². The molecule has 0 aromatic carbocycles. The van der Waals surface area contributed by atoms with E-state index in [4.69, 9.17) is 0 Å². The number of thioether (sulfide) groups is 1. The maximum atomic E-state index is 2.39. The highest BCUT2D eigenvalue weighted by atomic mass is 32.2. The lowest BCUT2D eigenvalue weighted by molar-refractivity contribution is 0.366. The first-order chi connectivity index (χ1) is 4.33. The van der Waals surface area contributed by atoms with Gasteiger partial charge >= 0.3 is 0 Å². The first-order valence-corrected chi connectivity index (χ1v) is 4.68. The molecule has 1 aliphatic heterocycles. The maximum Gasteiger partial charge on any atom is 0.0444 e. The minimum atomic E-state index is 0.946. The largest absolute Gasteiger partial charge is 0.297 e. The third kappa shape index (κ3) is 2.18. The van der Waals surface area contributed by atoms with Gasteiger partial charge in [-0.25, -0.2) is 0 Å². The van der Waals surface area contributed by atoms with E-state index in [0.29, 0.717) is 0 Å². The summed E-state index contributed by atoms with van der Waals surface area (Å²) in [6.07, 6.45) is 2.73. The fourth-order valence-corrected chi connectivity index (χ4v) is 2.17. The van der Waals surface area contributed by atoms with E-state index in [1.54, 1.807) is 0 Å². The minimum Gasteiger partial charge on any atom is -0.297 e. The molecule has 1 unspecified atom stereocenters. The molecule has 0 aromatic rings. The molecule has 1 rings (SSSR count). The first-order valence-electron chi connectivity index (χ1n) is 3.63. The Morgan fingerprint density at radius 3 is 2.89 bits per heavy atom. The molecule has 0 saturated carbocycles. The molecule has 0 radical (unpaired) electrons. The van der Waals surface area contributed by atoms with Crippen molar-refractivity contribution in [2.24, 2.45) is 0 Å².